The maximum Gasteiger partial charge on any atom is 0.266 e. The lowest BCUT2D eigenvalue weighted by atomic mass is 10.1. The number of aromatic nitrogens is 2. The zero-order chi connectivity index (χ0) is 16.5. The van der Waals surface area contributed by atoms with Crippen LogP contribution in [0.3, 0.4) is 0 Å². The van der Waals surface area contributed by atoms with E-state index in [1.165, 1.54) is 11.8 Å². The van der Waals surface area contributed by atoms with Crippen molar-refractivity contribution in [1.29, 1.82) is 0 Å². The van der Waals surface area contributed by atoms with E-state index in [0.717, 1.165) is 37.0 Å². The lowest BCUT2D eigenvalue weighted by molar-refractivity contribution is -0.123. The molecule has 2 saturated heterocycles. The number of nitrogens with one attached hydrogen (secondary N) is 1. The van der Waals surface area contributed by atoms with Gasteiger partial charge in [-0.05, 0) is 44.1 Å². The molecule has 0 radical (unpaired) electrons. The Morgan fingerprint density at radius 2 is 2.00 bits per heavy atom. The van der Waals surface area contributed by atoms with Crippen molar-refractivity contribution in [3.05, 3.63) is 41.1 Å². The minimum Gasteiger partial charge on any atom is -0.317 e. The van der Waals surface area contributed by atoms with Crippen LogP contribution in [0.1, 0.15) is 18.5 Å². The summed E-state index contributed by atoms with van der Waals surface area (Å²) in [5.41, 5.74) is 2.34. The molecule has 0 aliphatic carbocycles. The zero-order valence-electron chi connectivity index (χ0n) is 12.9. The summed E-state index contributed by atoms with van der Waals surface area (Å²) in [5, 5.41) is 3.31. The second-order valence-corrected chi connectivity index (χ2v) is 7.49. The highest BCUT2D eigenvalue weighted by Crippen LogP contribution is 2.35. The molecule has 0 bridgehead atoms. The Morgan fingerprint density at radius 1 is 1.25 bits per heavy atom. The third kappa shape index (κ3) is 2.94. The Bertz CT molecular complexity index is 845. The molecule has 5 nitrogen and oxygen atoms in total. The second kappa shape index (κ2) is 6.58. The molecule has 122 valence electrons. The van der Waals surface area contributed by atoms with E-state index in [4.69, 9.17) is 12.2 Å². The van der Waals surface area contributed by atoms with Crippen LogP contribution >= 0.6 is 24.0 Å². The first kappa shape index (κ1) is 15.7. The smallest absolute Gasteiger partial charge is 0.266 e. The standard InChI is InChI=1S/C17H16N4OS2/c22-16-15(24-17(23)21(16)12-5-7-18-8-6-12)9-11-10-19-13-3-1-2-4-14(13)20-11/h1-4,9-10,12,18H,5-8H2/b15-9-. The predicted molar refractivity (Wildman–Crippen MR) is 100 cm³/mol. The van der Waals surface area contributed by atoms with E-state index in [-0.39, 0.29) is 11.9 Å². The van der Waals surface area contributed by atoms with Crippen LogP contribution in [0.4, 0.5) is 0 Å². The van der Waals surface area contributed by atoms with Crippen LogP contribution < -0.4 is 5.32 Å². The highest BCUT2D eigenvalue weighted by Gasteiger charge is 2.37. The van der Waals surface area contributed by atoms with Crippen LogP contribution in [0.25, 0.3) is 17.1 Å². The number of amides is 1. The Labute approximate surface area is 149 Å². The fourth-order valence-corrected chi connectivity index (χ4v) is 4.42. The van der Waals surface area contributed by atoms with Gasteiger partial charge in [-0.2, -0.15) is 0 Å². The average Bonchev–Trinajstić information content (AvgIpc) is 2.89. The van der Waals surface area contributed by atoms with Crippen molar-refractivity contribution in [2.45, 2.75) is 18.9 Å². The first-order valence-corrected chi connectivity index (χ1v) is 9.14. The largest absolute Gasteiger partial charge is 0.317 e. The predicted octanol–water partition coefficient (Wildman–Crippen LogP) is 2.58. The highest BCUT2D eigenvalue weighted by molar-refractivity contribution is 8.26. The number of piperidine rings is 1. The maximum absolute atomic E-state index is 12.8. The molecule has 1 N–H and O–H groups in total. The number of rotatable bonds is 2. The van der Waals surface area contributed by atoms with Gasteiger partial charge >= 0.3 is 0 Å². The van der Waals surface area contributed by atoms with Gasteiger partial charge in [0.2, 0.25) is 0 Å². The summed E-state index contributed by atoms with van der Waals surface area (Å²) < 4.78 is 0.645. The number of thioether (sulfide) groups is 1. The van der Waals surface area contributed by atoms with Gasteiger partial charge in [0.05, 0.1) is 27.8 Å². The van der Waals surface area contributed by atoms with Crippen molar-refractivity contribution in [3.63, 3.8) is 0 Å². The first-order valence-electron chi connectivity index (χ1n) is 7.92. The molecule has 1 aromatic carbocycles. The van der Waals surface area contributed by atoms with Crippen molar-refractivity contribution in [2.24, 2.45) is 0 Å². The van der Waals surface area contributed by atoms with Crippen LogP contribution in [-0.2, 0) is 4.79 Å². The molecule has 2 aliphatic heterocycles. The van der Waals surface area contributed by atoms with Crippen molar-refractivity contribution < 1.29 is 4.79 Å². The molecule has 2 aromatic rings. The van der Waals surface area contributed by atoms with Crippen molar-refractivity contribution in [1.82, 2.24) is 20.2 Å². The van der Waals surface area contributed by atoms with Crippen molar-refractivity contribution >= 4 is 51.3 Å². The highest BCUT2D eigenvalue weighted by atomic mass is 32.2. The third-order valence-electron chi connectivity index (χ3n) is 4.24. The number of carbonyl (C=O) groups excluding carboxylic acids is 1. The second-order valence-electron chi connectivity index (χ2n) is 5.82. The Balaban J connectivity index is 1.62. The summed E-state index contributed by atoms with van der Waals surface area (Å²) in [6.07, 6.45) is 5.37. The van der Waals surface area contributed by atoms with Gasteiger partial charge in [0.15, 0.2) is 0 Å². The molecule has 0 unspecified atom stereocenters. The summed E-state index contributed by atoms with van der Waals surface area (Å²) in [5.74, 6) is -0.00754. The summed E-state index contributed by atoms with van der Waals surface area (Å²) in [4.78, 5) is 24.1. The molecule has 0 saturated carbocycles. The summed E-state index contributed by atoms with van der Waals surface area (Å²) in [6.45, 7) is 1.86. The maximum atomic E-state index is 12.8. The quantitative estimate of drug-likeness (QED) is 0.659. The van der Waals surface area contributed by atoms with Crippen molar-refractivity contribution in [2.75, 3.05) is 13.1 Å². The SMILES string of the molecule is O=C1/C(=C/c2cnc3ccccc3n2)SC(=S)N1C1CCNCC1. The number of hydrogen-bond donors (Lipinski definition) is 1. The van der Waals surface area contributed by atoms with Gasteiger partial charge in [0.1, 0.15) is 4.32 Å². The van der Waals surface area contributed by atoms with Gasteiger partial charge < -0.3 is 5.32 Å². The molecule has 1 amide bonds. The molecule has 2 fully saturated rings. The van der Waals surface area contributed by atoms with Crippen LogP contribution in [0.5, 0.6) is 0 Å². The number of thiocarbonyl (C=S) groups is 1. The summed E-state index contributed by atoms with van der Waals surface area (Å²) in [6, 6.07) is 7.90. The fraction of sp³-hybridized carbons (Fsp3) is 0.294. The van der Waals surface area contributed by atoms with E-state index in [1.54, 1.807) is 17.2 Å². The number of carbonyl (C=O) groups is 1. The van der Waals surface area contributed by atoms with E-state index >= 15 is 0 Å². The van der Waals surface area contributed by atoms with Gasteiger partial charge in [-0.15, -0.1) is 0 Å². The molecule has 2 aliphatic rings. The van der Waals surface area contributed by atoms with Gasteiger partial charge in [-0.3, -0.25) is 14.7 Å². The Morgan fingerprint density at radius 3 is 2.79 bits per heavy atom. The molecular weight excluding hydrogens is 340 g/mol. The molecule has 3 heterocycles. The van der Waals surface area contributed by atoms with Crippen LogP contribution in [-0.4, -0.2) is 44.2 Å². The minimum atomic E-state index is -0.00754. The van der Waals surface area contributed by atoms with Crippen LogP contribution in [0.15, 0.2) is 35.4 Å². The molecule has 1 aromatic heterocycles. The van der Waals surface area contributed by atoms with Gasteiger partial charge in [0, 0.05) is 6.04 Å². The van der Waals surface area contributed by atoms with E-state index in [1.807, 2.05) is 24.3 Å². The summed E-state index contributed by atoms with van der Waals surface area (Å²) in [7, 11) is 0. The van der Waals surface area contributed by atoms with Gasteiger partial charge in [-0.25, -0.2) is 4.98 Å². The van der Waals surface area contributed by atoms with Crippen molar-refractivity contribution in [3.8, 4) is 0 Å². The topological polar surface area (TPSA) is 58.1 Å². The fourth-order valence-electron chi connectivity index (χ4n) is 3.03. The monoisotopic (exact) mass is 356 g/mol. The van der Waals surface area contributed by atoms with E-state index in [9.17, 15) is 4.79 Å². The number of fused-ring (bicyclic) bond motifs is 1. The molecular formula is C17H16N4OS2. The first-order chi connectivity index (χ1) is 11.7. The molecule has 4 rings (SSSR count). The van der Waals surface area contributed by atoms with E-state index < -0.39 is 0 Å². The number of para-hydroxylation sites is 2. The molecule has 24 heavy (non-hydrogen) atoms. The van der Waals surface area contributed by atoms with E-state index in [0.29, 0.717) is 14.9 Å². The van der Waals surface area contributed by atoms with Gasteiger partial charge in [0.25, 0.3) is 5.91 Å². The lowest BCUT2D eigenvalue weighted by Gasteiger charge is -2.30. The molecule has 7 heteroatoms. The normalized spacial score (nSPS) is 21.2. The molecule has 0 spiro atoms. The average molecular weight is 356 g/mol. The van der Waals surface area contributed by atoms with Gasteiger partial charge in [-0.1, -0.05) is 36.1 Å². The Kier molecular flexibility index (Phi) is 4.30. The Hall–Kier alpha value is -1.83. The zero-order valence-corrected chi connectivity index (χ0v) is 14.6. The van der Waals surface area contributed by atoms with E-state index in [2.05, 4.69) is 15.3 Å². The molecule has 0 atom stereocenters. The number of nitrogens with zero attached hydrogens (tertiary/aromatic N) is 3. The third-order valence-corrected chi connectivity index (χ3v) is 5.57. The minimum absolute atomic E-state index is 0.00754. The lowest BCUT2D eigenvalue weighted by Crippen LogP contribution is -2.45. The number of hydrogen-bond acceptors (Lipinski definition) is 6. The van der Waals surface area contributed by atoms with Crippen LogP contribution in [0.2, 0.25) is 0 Å². The summed E-state index contributed by atoms with van der Waals surface area (Å²) >= 11 is 6.80. The number of benzene rings is 1. The van der Waals surface area contributed by atoms with Crippen LogP contribution in [0, 0.1) is 0 Å².